The molecular weight excluding hydrogens is 238 g/mol. The van der Waals surface area contributed by atoms with Gasteiger partial charge in [0.1, 0.15) is 5.82 Å². The Morgan fingerprint density at radius 2 is 2.05 bits per heavy atom. The normalized spacial score (nSPS) is 17.8. The molecule has 1 unspecified atom stereocenters. The lowest BCUT2D eigenvalue weighted by molar-refractivity contribution is 0.596. The second-order valence-electron chi connectivity index (χ2n) is 4.85. The monoisotopic (exact) mass is 255 g/mol. The van der Waals surface area contributed by atoms with Gasteiger partial charge in [0, 0.05) is 0 Å². The van der Waals surface area contributed by atoms with Gasteiger partial charge in [0.25, 0.3) is 0 Å². The van der Waals surface area contributed by atoms with Crippen molar-refractivity contribution in [3.63, 3.8) is 0 Å². The molecule has 19 heavy (non-hydrogen) atoms. The molecule has 0 amide bonds. The lowest BCUT2D eigenvalue weighted by atomic mass is 9.88. The first-order chi connectivity index (χ1) is 9.22. The number of anilines is 2. The Morgan fingerprint density at radius 3 is 2.89 bits per heavy atom. The van der Waals surface area contributed by atoms with Crippen molar-refractivity contribution in [3.8, 4) is 0 Å². The van der Waals surface area contributed by atoms with E-state index in [2.05, 4.69) is 44.5 Å². The van der Waals surface area contributed by atoms with Crippen molar-refractivity contribution < 1.29 is 0 Å². The van der Waals surface area contributed by atoms with E-state index in [9.17, 15) is 0 Å². The van der Waals surface area contributed by atoms with E-state index < -0.39 is 0 Å². The highest BCUT2D eigenvalue weighted by Gasteiger charge is 2.20. The van der Waals surface area contributed by atoms with Crippen LogP contribution in [-0.2, 0) is 6.42 Å². The summed E-state index contributed by atoms with van der Waals surface area (Å²) in [6.45, 7) is 1.82. The van der Waals surface area contributed by atoms with Crippen LogP contribution in [0.15, 0.2) is 24.3 Å². The number of fused-ring (bicyclic) bond motifs is 1. The minimum atomic E-state index is 0.256. The largest absolute Gasteiger partial charge is 0.368 e. The first-order valence-electron chi connectivity index (χ1n) is 6.55. The van der Waals surface area contributed by atoms with Crippen molar-refractivity contribution in [2.75, 3.05) is 11.1 Å². The Hall–Kier alpha value is -2.17. The summed E-state index contributed by atoms with van der Waals surface area (Å²) in [4.78, 5) is 12.4. The van der Waals surface area contributed by atoms with Crippen LogP contribution in [0.25, 0.3) is 0 Å². The van der Waals surface area contributed by atoms with Gasteiger partial charge in [-0.2, -0.15) is 15.0 Å². The van der Waals surface area contributed by atoms with E-state index >= 15 is 0 Å². The highest BCUT2D eigenvalue weighted by Crippen LogP contribution is 2.31. The molecule has 0 bridgehead atoms. The average molecular weight is 255 g/mol. The van der Waals surface area contributed by atoms with E-state index in [4.69, 9.17) is 5.73 Å². The fourth-order valence-electron chi connectivity index (χ4n) is 2.63. The summed E-state index contributed by atoms with van der Waals surface area (Å²) in [5, 5.41) is 3.38. The summed E-state index contributed by atoms with van der Waals surface area (Å²) in [6, 6.07) is 8.78. The van der Waals surface area contributed by atoms with E-state index in [0.717, 1.165) is 12.8 Å². The van der Waals surface area contributed by atoms with Crippen LogP contribution in [0.1, 0.15) is 35.8 Å². The molecule has 3 N–H and O–H groups in total. The van der Waals surface area contributed by atoms with Crippen molar-refractivity contribution in [1.82, 2.24) is 15.0 Å². The summed E-state index contributed by atoms with van der Waals surface area (Å²) in [7, 11) is 0. The molecule has 1 aromatic heterocycles. The molecule has 0 aliphatic heterocycles. The van der Waals surface area contributed by atoms with E-state index in [1.807, 2.05) is 6.92 Å². The van der Waals surface area contributed by atoms with Gasteiger partial charge in [0.2, 0.25) is 11.9 Å². The molecule has 0 saturated heterocycles. The minimum absolute atomic E-state index is 0.256. The lowest BCUT2D eigenvalue weighted by Gasteiger charge is -2.26. The Morgan fingerprint density at radius 1 is 1.21 bits per heavy atom. The van der Waals surface area contributed by atoms with Crippen LogP contribution in [0.2, 0.25) is 0 Å². The number of benzene rings is 1. The number of nitrogens with zero attached hydrogens (tertiary/aromatic N) is 3. The van der Waals surface area contributed by atoms with Crippen molar-refractivity contribution in [2.45, 2.75) is 32.2 Å². The van der Waals surface area contributed by atoms with Gasteiger partial charge in [0.05, 0.1) is 6.04 Å². The van der Waals surface area contributed by atoms with Gasteiger partial charge in [-0.15, -0.1) is 0 Å². The lowest BCUT2D eigenvalue weighted by Crippen LogP contribution is -2.19. The molecular formula is C14H17N5. The summed E-state index contributed by atoms with van der Waals surface area (Å²) in [6.07, 6.45) is 3.41. The summed E-state index contributed by atoms with van der Waals surface area (Å²) in [5.41, 5.74) is 8.40. The molecule has 1 aromatic carbocycles. The Bertz CT molecular complexity index is 576. The van der Waals surface area contributed by atoms with Crippen LogP contribution in [0.4, 0.5) is 11.9 Å². The van der Waals surface area contributed by atoms with Crippen molar-refractivity contribution in [3.05, 3.63) is 41.2 Å². The Kier molecular flexibility index (Phi) is 3.03. The topological polar surface area (TPSA) is 76.7 Å². The van der Waals surface area contributed by atoms with Crippen LogP contribution >= 0.6 is 0 Å². The average Bonchev–Trinajstić information content (AvgIpc) is 2.38. The van der Waals surface area contributed by atoms with E-state index in [-0.39, 0.29) is 12.0 Å². The molecule has 0 saturated carbocycles. The number of hydrogen-bond acceptors (Lipinski definition) is 5. The molecule has 0 spiro atoms. The zero-order valence-corrected chi connectivity index (χ0v) is 10.9. The van der Waals surface area contributed by atoms with Gasteiger partial charge in [-0.3, -0.25) is 0 Å². The predicted octanol–water partition coefficient (Wildman–Crippen LogP) is 2.25. The van der Waals surface area contributed by atoms with Crippen LogP contribution < -0.4 is 11.1 Å². The molecule has 1 aliphatic rings. The molecule has 0 fully saturated rings. The third kappa shape index (κ3) is 2.50. The van der Waals surface area contributed by atoms with Crippen LogP contribution in [0.5, 0.6) is 0 Å². The molecule has 1 aliphatic carbocycles. The van der Waals surface area contributed by atoms with Crippen LogP contribution in [0.3, 0.4) is 0 Å². The standard InChI is InChI=1S/C14H17N5/c1-9-16-13(15)19-14(17-9)18-12-8-4-6-10-5-2-3-7-11(10)12/h2-3,5,7,12H,4,6,8H2,1H3,(H3,15,16,17,18,19). The van der Waals surface area contributed by atoms with Gasteiger partial charge < -0.3 is 11.1 Å². The van der Waals surface area contributed by atoms with E-state index in [1.54, 1.807) is 0 Å². The van der Waals surface area contributed by atoms with Crippen LogP contribution in [0, 0.1) is 6.92 Å². The zero-order valence-electron chi connectivity index (χ0n) is 10.9. The molecule has 1 heterocycles. The molecule has 5 heteroatoms. The number of aryl methyl sites for hydroxylation is 2. The summed E-state index contributed by atoms with van der Waals surface area (Å²) >= 11 is 0. The van der Waals surface area contributed by atoms with Crippen molar-refractivity contribution >= 4 is 11.9 Å². The van der Waals surface area contributed by atoms with E-state index in [0.29, 0.717) is 11.8 Å². The number of nitrogens with one attached hydrogen (secondary N) is 1. The number of aromatic nitrogens is 3. The maximum atomic E-state index is 5.66. The second-order valence-corrected chi connectivity index (χ2v) is 4.85. The SMILES string of the molecule is Cc1nc(N)nc(NC2CCCc3ccccc32)n1. The third-order valence-electron chi connectivity index (χ3n) is 3.44. The predicted molar refractivity (Wildman–Crippen MR) is 74.7 cm³/mol. The first kappa shape index (κ1) is 11.9. The highest BCUT2D eigenvalue weighted by molar-refractivity contribution is 5.40. The van der Waals surface area contributed by atoms with Gasteiger partial charge in [-0.05, 0) is 37.3 Å². The van der Waals surface area contributed by atoms with Crippen LogP contribution in [-0.4, -0.2) is 15.0 Å². The van der Waals surface area contributed by atoms with E-state index in [1.165, 1.54) is 17.5 Å². The number of nitrogen functional groups attached to an aromatic ring is 1. The molecule has 5 nitrogen and oxygen atoms in total. The number of rotatable bonds is 2. The van der Waals surface area contributed by atoms with Gasteiger partial charge in [-0.25, -0.2) is 0 Å². The third-order valence-corrected chi connectivity index (χ3v) is 3.44. The van der Waals surface area contributed by atoms with Crippen molar-refractivity contribution in [1.29, 1.82) is 0 Å². The first-order valence-corrected chi connectivity index (χ1v) is 6.55. The molecule has 1 atom stereocenters. The quantitative estimate of drug-likeness (QED) is 0.860. The fourth-order valence-corrected chi connectivity index (χ4v) is 2.63. The maximum absolute atomic E-state index is 5.66. The molecule has 0 radical (unpaired) electrons. The number of hydrogen-bond donors (Lipinski definition) is 2. The summed E-state index contributed by atoms with van der Waals surface area (Å²) in [5.74, 6) is 1.46. The Balaban J connectivity index is 1.88. The van der Waals surface area contributed by atoms with Gasteiger partial charge >= 0.3 is 0 Å². The Labute approximate surface area is 112 Å². The molecule has 2 aromatic rings. The van der Waals surface area contributed by atoms with Gasteiger partial charge in [-0.1, -0.05) is 24.3 Å². The summed E-state index contributed by atoms with van der Waals surface area (Å²) < 4.78 is 0. The second kappa shape index (κ2) is 4.84. The molecule has 3 rings (SSSR count). The van der Waals surface area contributed by atoms with Gasteiger partial charge in [0.15, 0.2) is 0 Å². The van der Waals surface area contributed by atoms with Crippen molar-refractivity contribution in [2.24, 2.45) is 0 Å². The maximum Gasteiger partial charge on any atom is 0.228 e. The fraction of sp³-hybridized carbons (Fsp3) is 0.357. The number of nitrogens with two attached hydrogens (primary N) is 1. The molecule has 98 valence electrons. The zero-order chi connectivity index (χ0) is 13.2. The highest BCUT2D eigenvalue weighted by atomic mass is 15.2. The smallest absolute Gasteiger partial charge is 0.228 e. The minimum Gasteiger partial charge on any atom is -0.368 e.